The van der Waals surface area contributed by atoms with E-state index in [0.29, 0.717) is 43.9 Å². The van der Waals surface area contributed by atoms with Crippen molar-refractivity contribution < 1.29 is 22.0 Å². The lowest BCUT2D eigenvalue weighted by Gasteiger charge is -2.36. The number of halogens is 5. The summed E-state index contributed by atoms with van der Waals surface area (Å²) in [6.07, 6.45) is 2.58. The largest absolute Gasteiger partial charge is 0.416 e. The molecular formula is C23H25F5N4. The SMILES string of the molecule is C=N/N=C(/CC1CC1(F)F)N1C=CC(N2CCC(c3ccccc3C(F)(F)F)CC2)=CC1. The number of nitrogens with zero attached hydrogens (tertiary/aromatic N) is 4. The fraction of sp³-hybridized carbons (Fsp3) is 0.478. The number of alkyl halides is 5. The molecule has 172 valence electrons. The summed E-state index contributed by atoms with van der Waals surface area (Å²) >= 11 is 0. The van der Waals surface area contributed by atoms with Crippen molar-refractivity contribution in [3.05, 3.63) is 59.4 Å². The summed E-state index contributed by atoms with van der Waals surface area (Å²) in [5.74, 6) is -3.01. The van der Waals surface area contributed by atoms with Crippen molar-refractivity contribution in [2.75, 3.05) is 19.6 Å². The van der Waals surface area contributed by atoms with Crippen molar-refractivity contribution in [1.29, 1.82) is 0 Å². The standard InChI is InChI=1S/C23H25F5N4/c1-29-30-21(14-17-15-22(17,24)25)32-12-8-18(9-13-32)31-10-6-16(7-11-31)19-4-2-3-5-20(19)23(26,27)28/h2-5,8-9,12,16-17H,1,6-7,10-11,13-15H2/b30-21-. The minimum Gasteiger partial charge on any atom is -0.372 e. The van der Waals surface area contributed by atoms with Gasteiger partial charge in [0.25, 0.3) is 5.92 Å². The lowest BCUT2D eigenvalue weighted by Crippen LogP contribution is -2.35. The van der Waals surface area contributed by atoms with Crippen LogP contribution in [-0.4, -0.2) is 47.9 Å². The Kier molecular flexibility index (Phi) is 6.09. The monoisotopic (exact) mass is 452 g/mol. The van der Waals surface area contributed by atoms with Crippen molar-refractivity contribution in [1.82, 2.24) is 9.80 Å². The number of allylic oxidation sites excluding steroid dienone is 1. The van der Waals surface area contributed by atoms with Crippen molar-refractivity contribution in [3.63, 3.8) is 0 Å². The molecular weight excluding hydrogens is 427 g/mol. The highest BCUT2D eigenvalue weighted by atomic mass is 19.4. The minimum absolute atomic E-state index is 0.131. The zero-order valence-corrected chi connectivity index (χ0v) is 17.5. The Bertz CT molecular complexity index is 942. The van der Waals surface area contributed by atoms with Gasteiger partial charge in [-0.15, -0.1) is 5.10 Å². The quantitative estimate of drug-likeness (QED) is 0.250. The summed E-state index contributed by atoms with van der Waals surface area (Å²) in [5, 5.41) is 7.46. The third-order valence-electron chi connectivity index (χ3n) is 6.39. The molecule has 1 aliphatic carbocycles. The lowest BCUT2D eigenvalue weighted by molar-refractivity contribution is -0.138. The van der Waals surface area contributed by atoms with Crippen LogP contribution < -0.4 is 0 Å². The molecule has 2 fully saturated rings. The van der Waals surface area contributed by atoms with E-state index in [1.807, 2.05) is 12.2 Å². The van der Waals surface area contributed by atoms with Crippen LogP contribution in [0.15, 0.2) is 58.5 Å². The zero-order valence-electron chi connectivity index (χ0n) is 17.5. The molecule has 0 spiro atoms. The minimum atomic E-state index is -4.35. The van der Waals surface area contributed by atoms with Gasteiger partial charge in [0.05, 0.1) is 5.56 Å². The average molecular weight is 452 g/mol. The highest BCUT2D eigenvalue weighted by molar-refractivity contribution is 5.84. The molecule has 4 rings (SSSR count). The maximum atomic E-state index is 13.4. The molecule has 1 atom stereocenters. The number of benzene rings is 1. The van der Waals surface area contributed by atoms with Gasteiger partial charge < -0.3 is 9.80 Å². The van der Waals surface area contributed by atoms with E-state index in [4.69, 9.17) is 0 Å². The molecule has 0 N–H and O–H groups in total. The van der Waals surface area contributed by atoms with Crippen molar-refractivity contribution in [3.8, 4) is 0 Å². The summed E-state index contributed by atoms with van der Waals surface area (Å²) in [4.78, 5) is 3.93. The first kappa shape index (κ1) is 22.5. The number of likely N-dealkylation sites (tertiary alicyclic amines) is 1. The van der Waals surface area contributed by atoms with Crippen LogP contribution in [0.2, 0.25) is 0 Å². The van der Waals surface area contributed by atoms with Crippen molar-refractivity contribution in [2.45, 2.75) is 43.7 Å². The first-order chi connectivity index (χ1) is 15.2. The molecule has 1 aromatic rings. The molecule has 0 amide bonds. The third-order valence-corrected chi connectivity index (χ3v) is 6.39. The molecule has 1 unspecified atom stereocenters. The number of hydrogen-bond acceptors (Lipinski definition) is 3. The first-order valence-electron chi connectivity index (χ1n) is 10.7. The summed E-state index contributed by atoms with van der Waals surface area (Å²) in [6.45, 7) is 5.10. The van der Waals surface area contributed by atoms with E-state index >= 15 is 0 Å². The van der Waals surface area contributed by atoms with E-state index in [0.717, 1.165) is 11.8 Å². The maximum absolute atomic E-state index is 13.4. The first-order valence-corrected chi connectivity index (χ1v) is 10.7. The molecule has 2 aliphatic heterocycles. The van der Waals surface area contributed by atoms with E-state index in [1.165, 1.54) is 6.07 Å². The van der Waals surface area contributed by atoms with Gasteiger partial charge in [0.2, 0.25) is 0 Å². The molecule has 0 aromatic heterocycles. The molecule has 32 heavy (non-hydrogen) atoms. The van der Waals surface area contributed by atoms with Gasteiger partial charge in [-0.05, 0) is 42.5 Å². The fourth-order valence-corrected chi connectivity index (χ4v) is 4.48. The number of rotatable bonds is 5. The molecule has 3 aliphatic rings. The number of amidine groups is 1. The highest BCUT2D eigenvalue weighted by Crippen LogP contribution is 2.51. The second-order valence-corrected chi connectivity index (χ2v) is 8.47. The van der Waals surface area contributed by atoms with Crippen LogP contribution >= 0.6 is 0 Å². The predicted octanol–water partition coefficient (Wildman–Crippen LogP) is 5.66. The van der Waals surface area contributed by atoms with Gasteiger partial charge in [0.1, 0.15) is 5.84 Å². The summed E-state index contributed by atoms with van der Waals surface area (Å²) in [6, 6.07) is 5.82. The van der Waals surface area contributed by atoms with Gasteiger partial charge in [-0.3, -0.25) is 0 Å². The molecule has 0 bridgehead atoms. The molecule has 1 saturated heterocycles. The average Bonchev–Trinajstić information content (AvgIpc) is 3.39. The molecule has 1 aromatic carbocycles. The third kappa shape index (κ3) is 4.86. The Hall–Kier alpha value is -2.71. The Labute approximate surface area is 183 Å². The van der Waals surface area contributed by atoms with Crippen molar-refractivity contribution >= 4 is 12.6 Å². The van der Waals surface area contributed by atoms with Crippen LogP contribution in [0, 0.1) is 5.92 Å². The van der Waals surface area contributed by atoms with Gasteiger partial charge in [0, 0.05) is 57.0 Å². The van der Waals surface area contributed by atoms with E-state index in [1.54, 1.807) is 23.2 Å². The molecule has 4 nitrogen and oxygen atoms in total. The van der Waals surface area contributed by atoms with Crippen LogP contribution in [0.4, 0.5) is 22.0 Å². The fourth-order valence-electron chi connectivity index (χ4n) is 4.48. The summed E-state index contributed by atoms with van der Waals surface area (Å²) < 4.78 is 66.7. The van der Waals surface area contributed by atoms with Crippen LogP contribution in [0.1, 0.15) is 42.7 Å². The topological polar surface area (TPSA) is 31.2 Å². The molecule has 2 heterocycles. The van der Waals surface area contributed by atoms with E-state index in [2.05, 4.69) is 21.8 Å². The smallest absolute Gasteiger partial charge is 0.372 e. The molecule has 9 heteroatoms. The van der Waals surface area contributed by atoms with Gasteiger partial charge in [-0.1, -0.05) is 18.2 Å². The zero-order chi connectivity index (χ0) is 22.9. The molecule has 0 radical (unpaired) electrons. The normalized spacial score (nSPS) is 23.8. The van der Waals surface area contributed by atoms with Gasteiger partial charge in [0.15, 0.2) is 0 Å². The lowest BCUT2D eigenvalue weighted by atomic mass is 9.86. The van der Waals surface area contributed by atoms with Gasteiger partial charge in [-0.25, -0.2) is 8.78 Å². The van der Waals surface area contributed by atoms with Gasteiger partial charge in [-0.2, -0.15) is 18.3 Å². The Morgan fingerprint density at radius 3 is 2.41 bits per heavy atom. The molecule has 1 saturated carbocycles. The van der Waals surface area contributed by atoms with E-state index in [-0.39, 0.29) is 18.8 Å². The second kappa shape index (κ2) is 8.67. The Balaban J connectivity index is 1.36. The predicted molar refractivity (Wildman–Crippen MR) is 114 cm³/mol. The van der Waals surface area contributed by atoms with Crippen LogP contribution in [0.3, 0.4) is 0 Å². The summed E-state index contributed by atoms with van der Waals surface area (Å²) in [7, 11) is 0. The number of piperidine rings is 1. The van der Waals surface area contributed by atoms with Gasteiger partial charge >= 0.3 is 6.18 Å². The van der Waals surface area contributed by atoms with Crippen LogP contribution in [0.5, 0.6) is 0 Å². The highest BCUT2D eigenvalue weighted by Gasteiger charge is 2.57. The second-order valence-electron chi connectivity index (χ2n) is 8.47. The summed E-state index contributed by atoms with van der Waals surface area (Å²) in [5.41, 5.74) is 0.801. The maximum Gasteiger partial charge on any atom is 0.416 e. The number of hydrogen-bond donors (Lipinski definition) is 0. The Morgan fingerprint density at radius 2 is 1.84 bits per heavy atom. The van der Waals surface area contributed by atoms with E-state index in [9.17, 15) is 22.0 Å². The van der Waals surface area contributed by atoms with E-state index < -0.39 is 23.6 Å². The van der Waals surface area contributed by atoms with Crippen molar-refractivity contribution in [2.24, 2.45) is 16.1 Å². The van der Waals surface area contributed by atoms with Crippen LogP contribution in [0.25, 0.3) is 0 Å². The van der Waals surface area contributed by atoms with Crippen LogP contribution in [-0.2, 0) is 6.18 Å². The Morgan fingerprint density at radius 1 is 1.16 bits per heavy atom.